The minimum Gasteiger partial charge on any atom is -0.456 e. The molecular formula is C11H19NO3. The molecule has 0 bridgehead atoms. The van der Waals surface area contributed by atoms with Gasteiger partial charge in [-0.15, -0.1) is 0 Å². The van der Waals surface area contributed by atoms with Crippen molar-refractivity contribution in [3.8, 4) is 0 Å². The van der Waals surface area contributed by atoms with Crippen molar-refractivity contribution >= 4 is 5.97 Å². The van der Waals surface area contributed by atoms with E-state index in [1.807, 2.05) is 0 Å². The second-order valence-electron chi connectivity index (χ2n) is 4.90. The van der Waals surface area contributed by atoms with E-state index in [0.29, 0.717) is 19.1 Å². The van der Waals surface area contributed by atoms with Crippen LogP contribution in [0.1, 0.15) is 32.6 Å². The Morgan fingerprint density at radius 1 is 1.40 bits per heavy atom. The number of carbonyl (C=O) groups excluding carboxylic acids is 1. The molecule has 0 aromatic heterocycles. The molecule has 0 spiro atoms. The molecule has 0 amide bonds. The van der Waals surface area contributed by atoms with Crippen molar-refractivity contribution in [3.63, 3.8) is 0 Å². The van der Waals surface area contributed by atoms with Crippen LogP contribution in [0.25, 0.3) is 0 Å². The molecule has 2 N–H and O–H groups in total. The molecule has 2 aliphatic rings. The minimum atomic E-state index is -0.734. The highest BCUT2D eigenvalue weighted by molar-refractivity contribution is 5.80. The molecule has 0 atom stereocenters. The molecule has 2 rings (SSSR count). The summed E-state index contributed by atoms with van der Waals surface area (Å²) in [6, 6.07) is 0. The van der Waals surface area contributed by atoms with Gasteiger partial charge < -0.3 is 15.2 Å². The molecule has 1 aliphatic carbocycles. The Labute approximate surface area is 90.1 Å². The van der Waals surface area contributed by atoms with E-state index in [9.17, 15) is 4.79 Å². The first-order valence-corrected chi connectivity index (χ1v) is 5.68. The summed E-state index contributed by atoms with van der Waals surface area (Å²) in [5.74, 6) is 0.448. The maximum atomic E-state index is 11.8. The quantitative estimate of drug-likeness (QED) is 0.690. The summed E-state index contributed by atoms with van der Waals surface area (Å²) in [4.78, 5) is 11.8. The lowest BCUT2D eigenvalue weighted by Crippen LogP contribution is -2.54. The van der Waals surface area contributed by atoms with Crippen LogP contribution in [0.3, 0.4) is 0 Å². The molecule has 0 unspecified atom stereocenters. The van der Waals surface area contributed by atoms with Gasteiger partial charge in [-0.25, -0.2) is 0 Å². The number of esters is 1. The van der Waals surface area contributed by atoms with Gasteiger partial charge in [-0.3, -0.25) is 4.79 Å². The Morgan fingerprint density at radius 3 is 2.47 bits per heavy atom. The van der Waals surface area contributed by atoms with E-state index in [2.05, 4.69) is 6.92 Å². The Kier molecular flexibility index (Phi) is 2.98. The zero-order chi connectivity index (χ0) is 10.9. The lowest BCUT2D eigenvalue weighted by Gasteiger charge is -2.36. The van der Waals surface area contributed by atoms with E-state index in [1.165, 1.54) is 0 Å². The van der Waals surface area contributed by atoms with E-state index < -0.39 is 5.54 Å². The molecule has 86 valence electrons. The van der Waals surface area contributed by atoms with Gasteiger partial charge in [0.25, 0.3) is 0 Å². The maximum absolute atomic E-state index is 11.8. The first kappa shape index (κ1) is 10.9. The van der Waals surface area contributed by atoms with Crippen molar-refractivity contribution in [1.29, 1.82) is 0 Å². The first-order valence-electron chi connectivity index (χ1n) is 5.68. The van der Waals surface area contributed by atoms with Gasteiger partial charge in [0.15, 0.2) is 0 Å². The molecule has 4 heteroatoms. The average molecular weight is 213 g/mol. The third kappa shape index (κ3) is 2.32. The maximum Gasteiger partial charge on any atom is 0.326 e. The lowest BCUT2D eigenvalue weighted by atomic mass is 9.78. The zero-order valence-corrected chi connectivity index (χ0v) is 9.20. The Morgan fingerprint density at radius 2 is 2.00 bits per heavy atom. The molecule has 0 aromatic carbocycles. The van der Waals surface area contributed by atoms with Crippen LogP contribution in [0.4, 0.5) is 0 Å². The summed E-state index contributed by atoms with van der Waals surface area (Å²) >= 11 is 0. The predicted octanol–water partition coefficient (Wildman–Crippen LogP) is 0.836. The number of hydrogen-bond acceptors (Lipinski definition) is 4. The topological polar surface area (TPSA) is 61.6 Å². The summed E-state index contributed by atoms with van der Waals surface area (Å²) in [5.41, 5.74) is 5.34. The molecule has 0 aromatic rings. The van der Waals surface area contributed by atoms with Gasteiger partial charge in [0.2, 0.25) is 0 Å². The molecule has 1 saturated heterocycles. The van der Waals surface area contributed by atoms with Gasteiger partial charge in [0, 0.05) is 0 Å². The molecule has 4 nitrogen and oxygen atoms in total. The second-order valence-corrected chi connectivity index (χ2v) is 4.90. The summed E-state index contributed by atoms with van der Waals surface area (Å²) in [6.45, 7) is 3.25. The van der Waals surface area contributed by atoms with Crippen molar-refractivity contribution in [2.75, 3.05) is 13.2 Å². The van der Waals surface area contributed by atoms with Crippen molar-refractivity contribution in [3.05, 3.63) is 0 Å². The van der Waals surface area contributed by atoms with E-state index in [1.54, 1.807) is 0 Å². The van der Waals surface area contributed by atoms with Crippen molar-refractivity contribution in [2.24, 2.45) is 11.7 Å². The SMILES string of the molecule is CC1CCC(N)(C(=O)OC2COC2)CC1. The average Bonchev–Trinajstić information content (AvgIpc) is 2.16. The van der Waals surface area contributed by atoms with Gasteiger partial charge >= 0.3 is 5.97 Å². The monoisotopic (exact) mass is 213 g/mol. The van der Waals surface area contributed by atoms with Gasteiger partial charge in [0.05, 0.1) is 13.2 Å². The Balaban J connectivity index is 1.87. The van der Waals surface area contributed by atoms with Crippen LogP contribution in [-0.2, 0) is 14.3 Å². The number of carbonyl (C=O) groups is 1. The normalized spacial score (nSPS) is 37.1. The highest BCUT2D eigenvalue weighted by atomic mass is 16.6. The molecule has 1 heterocycles. The van der Waals surface area contributed by atoms with E-state index in [4.69, 9.17) is 15.2 Å². The standard InChI is InChI=1S/C11H19NO3/c1-8-2-4-11(12,5-3-8)10(13)15-9-6-14-7-9/h8-9H,2-7,12H2,1H3. The van der Waals surface area contributed by atoms with Gasteiger partial charge in [-0.2, -0.15) is 0 Å². The van der Waals surface area contributed by atoms with Crippen molar-refractivity contribution < 1.29 is 14.3 Å². The zero-order valence-electron chi connectivity index (χ0n) is 9.20. The molecule has 2 fully saturated rings. The fraction of sp³-hybridized carbons (Fsp3) is 0.909. The highest BCUT2D eigenvalue weighted by Gasteiger charge is 2.40. The minimum absolute atomic E-state index is 0.0581. The summed E-state index contributed by atoms with van der Waals surface area (Å²) in [5, 5.41) is 0. The van der Waals surface area contributed by atoms with Gasteiger partial charge in [-0.1, -0.05) is 6.92 Å². The number of rotatable bonds is 2. The fourth-order valence-corrected chi connectivity index (χ4v) is 2.03. The van der Waals surface area contributed by atoms with E-state index in [0.717, 1.165) is 25.7 Å². The lowest BCUT2D eigenvalue weighted by molar-refractivity contribution is -0.179. The number of hydrogen-bond donors (Lipinski definition) is 1. The highest BCUT2D eigenvalue weighted by Crippen LogP contribution is 2.31. The largest absolute Gasteiger partial charge is 0.456 e. The van der Waals surface area contributed by atoms with Crippen LogP contribution in [0, 0.1) is 5.92 Å². The Hall–Kier alpha value is -0.610. The first-order chi connectivity index (χ1) is 7.10. The van der Waals surface area contributed by atoms with Crippen LogP contribution in [0.2, 0.25) is 0 Å². The molecule has 1 aliphatic heterocycles. The number of ether oxygens (including phenoxy) is 2. The van der Waals surface area contributed by atoms with Crippen LogP contribution in [-0.4, -0.2) is 30.8 Å². The Bertz CT molecular complexity index is 242. The molecule has 0 radical (unpaired) electrons. The van der Waals surface area contributed by atoms with Crippen LogP contribution in [0.5, 0.6) is 0 Å². The third-order valence-electron chi connectivity index (χ3n) is 3.45. The smallest absolute Gasteiger partial charge is 0.326 e. The van der Waals surface area contributed by atoms with Gasteiger partial charge in [-0.05, 0) is 31.6 Å². The van der Waals surface area contributed by atoms with Crippen molar-refractivity contribution in [2.45, 2.75) is 44.2 Å². The van der Waals surface area contributed by atoms with Crippen molar-refractivity contribution in [1.82, 2.24) is 0 Å². The predicted molar refractivity (Wildman–Crippen MR) is 55.2 cm³/mol. The summed E-state index contributed by atoms with van der Waals surface area (Å²) < 4.78 is 10.2. The van der Waals surface area contributed by atoms with Crippen LogP contribution in [0.15, 0.2) is 0 Å². The second kappa shape index (κ2) is 4.10. The van der Waals surface area contributed by atoms with Crippen LogP contribution >= 0.6 is 0 Å². The fourth-order valence-electron chi connectivity index (χ4n) is 2.03. The molecular weight excluding hydrogens is 194 g/mol. The molecule has 15 heavy (non-hydrogen) atoms. The summed E-state index contributed by atoms with van der Waals surface area (Å²) in [7, 11) is 0. The third-order valence-corrected chi connectivity index (χ3v) is 3.45. The van der Waals surface area contributed by atoms with E-state index >= 15 is 0 Å². The summed E-state index contributed by atoms with van der Waals surface area (Å²) in [6.07, 6.45) is 3.48. The van der Waals surface area contributed by atoms with Gasteiger partial charge in [0.1, 0.15) is 11.6 Å². The van der Waals surface area contributed by atoms with E-state index in [-0.39, 0.29) is 12.1 Å². The molecule has 1 saturated carbocycles. The van der Waals surface area contributed by atoms with Crippen LogP contribution < -0.4 is 5.73 Å². The number of nitrogens with two attached hydrogens (primary N) is 1.